The maximum Gasteiger partial charge on any atom is 0.321 e. The van der Waals surface area contributed by atoms with Crippen molar-refractivity contribution in [2.24, 2.45) is 0 Å². The van der Waals surface area contributed by atoms with Crippen LogP contribution in [0.4, 0.5) is 16.2 Å². The Morgan fingerprint density at radius 2 is 1.89 bits per heavy atom. The molecule has 0 radical (unpaired) electrons. The third-order valence-corrected chi connectivity index (χ3v) is 4.78. The van der Waals surface area contributed by atoms with Crippen LogP contribution in [0.1, 0.15) is 22.5 Å². The number of fused-ring (bicyclic) bond motifs is 1. The molecule has 1 fully saturated rings. The number of hydrogen-bond acceptors (Lipinski definition) is 4. The molecule has 140 valence electrons. The molecule has 0 saturated carbocycles. The van der Waals surface area contributed by atoms with Gasteiger partial charge in [0.25, 0.3) is 5.91 Å². The number of rotatable bonds is 2. The van der Waals surface area contributed by atoms with Gasteiger partial charge in [-0.1, -0.05) is 0 Å². The molecular weight excluding hydrogens is 348 g/mol. The number of carbonyl (C=O) groups is 3. The summed E-state index contributed by atoms with van der Waals surface area (Å²) >= 11 is 0. The normalized spacial score (nSPS) is 16.5. The average Bonchev–Trinajstić information content (AvgIpc) is 3.23. The van der Waals surface area contributed by atoms with Crippen molar-refractivity contribution in [1.82, 2.24) is 9.80 Å². The summed E-state index contributed by atoms with van der Waals surface area (Å²) in [6.07, 6.45) is 2.50. The second-order valence-electron chi connectivity index (χ2n) is 6.64. The lowest BCUT2D eigenvalue weighted by Crippen LogP contribution is -2.39. The van der Waals surface area contributed by atoms with E-state index < -0.39 is 0 Å². The van der Waals surface area contributed by atoms with Gasteiger partial charge in [0.2, 0.25) is 5.91 Å². The van der Waals surface area contributed by atoms with Gasteiger partial charge in [-0.2, -0.15) is 0 Å². The summed E-state index contributed by atoms with van der Waals surface area (Å²) in [7, 11) is 0. The van der Waals surface area contributed by atoms with Gasteiger partial charge in [0.15, 0.2) is 5.76 Å². The van der Waals surface area contributed by atoms with Gasteiger partial charge >= 0.3 is 6.03 Å². The number of urea groups is 1. The van der Waals surface area contributed by atoms with Crippen LogP contribution in [-0.4, -0.2) is 53.8 Å². The van der Waals surface area contributed by atoms with Gasteiger partial charge in [-0.05, 0) is 42.3 Å². The second kappa shape index (κ2) is 7.14. The van der Waals surface area contributed by atoms with E-state index in [1.54, 1.807) is 34.1 Å². The van der Waals surface area contributed by atoms with Crippen molar-refractivity contribution in [3.05, 3.63) is 47.9 Å². The molecule has 2 aromatic rings. The van der Waals surface area contributed by atoms with Crippen LogP contribution < -0.4 is 10.6 Å². The summed E-state index contributed by atoms with van der Waals surface area (Å²) in [6.45, 7) is 2.05. The van der Waals surface area contributed by atoms with Crippen molar-refractivity contribution in [2.75, 3.05) is 36.8 Å². The summed E-state index contributed by atoms with van der Waals surface area (Å²) in [5.41, 5.74) is 2.33. The number of anilines is 2. The van der Waals surface area contributed by atoms with Crippen molar-refractivity contribution >= 4 is 29.2 Å². The molecule has 0 atom stereocenters. The van der Waals surface area contributed by atoms with Crippen LogP contribution in [0.25, 0.3) is 0 Å². The lowest BCUT2D eigenvalue weighted by molar-refractivity contribution is -0.115. The minimum Gasteiger partial charge on any atom is -0.459 e. The molecule has 1 aromatic carbocycles. The van der Waals surface area contributed by atoms with E-state index in [1.807, 2.05) is 6.07 Å². The zero-order valence-corrected chi connectivity index (χ0v) is 14.7. The zero-order chi connectivity index (χ0) is 18.8. The molecule has 0 spiro atoms. The minimum atomic E-state index is -0.209. The Bertz CT molecular complexity index is 878. The van der Waals surface area contributed by atoms with Crippen LogP contribution >= 0.6 is 0 Å². The van der Waals surface area contributed by atoms with Gasteiger partial charge in [-0.3, -0.25) is 9.59 Å². The fourth-order valence-electron chi connectivity index (χ4n) is 3.39. The maximum absolute atomic E-state index is 12.6. The van der Waals surface area contributed by atoms with Crippen molar-refractivity contribution in [3.8, 4) is 0 Å². The minimum absolute atomic E-state index is 0.0395. The topological polar surface area (TPSA) is 94.9 Å². The van der Waals surface area contributed by atoms with Gasteiger partial charge in [0, 0.05) is 37.6 Å². The van der Waals surface area contributed by atoms with Gasteiger partial charge < -0.3 is 24.9 Å². The highest BCUT2D eigenvalue weighted by Crippen LogP contribution is 2.26. The Labute approximate surface area is 156 Å². The molecular formula is C19H20N4O4. The lowest BCUT2D eigenvalue weighted by atomic mass is 10.1. The molecule has 1 saturated heterocycles. The van der Waals surface area contributed by atoms with E-state index in [0.717, 1.165) is 11.3 Å². The number of hydrogen-bond donors (Lipinski definition) is 2. The molecule has 8 nitrogen and oxygen atoms in total. The van der Waals surface area contributed by atoms with Crippen LogP contribution in [-0.2, 0) is 11.2 Å². The predicted octanol–water partition coefficient (Wildman–Crippen LogP) is 2.15. The lowest BCUT2D eigenvalue weighted by Gasteiger charge is -2.22. The number of carbonyl (C=O) groups excluding carboxylic acids is 3. The SMILES string of the molecule is O=C1Cc2cc(NC(=O)N3CCCN(C(=O)c4ccco4)CC3)ccc2N1. The Kier molecular flexibility index (Phi) is 4.53. The highest BCUT2D eigenvalue weighted by atomic mass is 16.3. The monoisotopic (exact) mass is 368 g/mol. The standard InChI is InChI=1S/C19H20N4O4/c24-17-12-13-11-14(4-5-15(13)21-17)20-19(26)23-7-2-6-22(8-9-23)18(25)16-3-1-10-27-16/h1,3-5,10-11H,2,6-9,12H2,(H,20,26)(H,21,24). The van der Waals surface area contributed by atoms with E-state index in [9.17, 15) is 14.4 Å². The average molecular weight is 368 g/mol. The first-order chi connectivity index (χ1) is 13.1. The third kappa shape index (κ3) is 3.64. The summed E-state index contributed by atoms with van der Waals surface area (Å²) < 4.78 is 5.17. The van der Waals surface area contributed by atoms with Crippen LogP contribution in [0.3, 0.4) is 0 Å². The van der Waals surface area contributed by atoms with Crippen LogP contribution in [0.2, 0.25) is 0 Å². The molecule has 2 aliphatic rings. The Balaban J connectivity index is 1.36. The molecule has 0 aliphatic carbocycles. The molecule has 4 amide bonds. The maximum atomic E-state index is 12.6. The molecule has 3 heterocycles. The number of nitrogens with zero attached hydrogens (tertiary/aromatic N) is 2. The first-order valence-corrected chi connectivity index (χ1v) is 8.91. The molecule has 1 aromatic heterocycles. The Morgan fingerprint density at radius 3 is 2.70 bits per heavy atom. The largest absolute Gasteiger partial charge is 0.459 e. The Hall–Kier alpha value is -3.29. The smallest absolute Gasteiger partial charge is 0.321 e. The molecule has 8 heteroatoms. The Morgan fingerprint density at radius 1 is 1.07 bits per heavy atom. The molecule has 2 aliphatic heterocycles. The van der Waals surface area contributed by atoms with E-state index in [1.165, 1.54) is 6.26 Å². The number of furan rings is 1. The summed E-state index contributed by atoms with van der Waals surface area (Å²) in [5.74, 6) is 0.120. The van der Waals surface area contributed by atoms with Gasteiger partial charge in [-0.25, -0.2) is 4.79 Å². The zero-order valence-electron chi connectivity index (χ0n) is 14.7. The quantitative estimate of drug-likeness (QED) is 0.849. The fraction of sp³-hybridized carbons (Fsp3) is 0.316. The molecule has 27 heavy (non-hydrogen) atoms. The number of amides is 4. The van der Waals surface area contributed by atoms with E-state index in [2.05, 4.69) is 10.6 Å². The summed E-state index contributed by atoms with van der Waals surface area (Å²) in [6, 6.07) is 8.50. The fourth-order valence-corrected chi connectivity index (χ4v) is 3.39. The molecule has 0 unspecified atom stereocenters. The highest BCUT2D eigenvalue weighted by molar-refractivity contribution is 6.00. The van der Waals surface area contributed by atoms with Crippen molar-refractivity contribution in [3.63, 3.8) is 0 Å². The predicted molar refractivity (Wildman–Crippen MR) is 98.6 cm³/mol. The van der Waals surface area contributed by atoms with E-state index in [4.69, 9.17) is 4.42 Å². The van der Waals surface area contributed by atoms with Gasteiger partial charge in [0.1, 0.15) is 0 Å². The van der Waals surface area contributed by atoms with Crippen LogP contribution in [0.15, 0.2) is 41.0 Å². The molecule has 2 N–H and O–H groups in total. The van der Waals surface area contributed by atoms with Gasteiger partial charge in [-0.15, -0.1) is 0 Å². The number of benzene rings is 1. The third-order valence-electron chi connectivity index (χ3n) is 4.78. The second-order valence-corrected chi connectivity index (χ2v) is 6.64. The van der Waals surface area contributed by atoms with E-state index in [0.29, 0.717) is 50.5 Å². The summed E-state index contributed by atoms with van der Waals surface area (Å²) in [4.78, 5) is 39.8. The van der Waals surface area contributed by atoms with Crippen molar-refractivity contribution in [1.29, 1.82) is 0 Å². The highest BCUT2D eigenvalue weighted by Gasteiger charge is 2.24. The van der Waals surface area contributed by atoms with Crippen LogP contribution in [0, 0.1) is 0 Å². The molecule has 4 rings (SSSR count). The van der Waals surface area contributed by atoms with E-state index >= 15 is 0 Å². The molecule has 0 bridgehead atoms. The first kappa shape index (κ1) is 17.1. The van der Waals surface area contributed by atoms with Gasteiger partial charge in [0.05, 0.1) is 12.7 Å². The number of nitrogens with one attached hydrogen (secondary N) is 2. The first-order valence-electron chi connectivity index (χ1n) is 8.91. The van der Waals surface area contributed by atoms with Crippen molar-refractivity contribution in [2.45, 2.75) is 12.8 Å². The van der Waals surface area contributed by atoms with Crippen LogP contribution in [0.5, 0.6) is 0 Å². The van der Waals surface area contributed by atoms with E-state index in [-0.39, 0.29) is 17.8 Å². The van der Waals surface area contributed by atoms with Crippen molar-refractivity contribution < 1.29 is 18.8 Å². The summed E-state index contributed by atoms with van der Waals surface area (Å²) in [5, 5.41) is 5.65.